The minimum Gasteiger partial charge on any atom is -0.472 e. The van der Waals surface area contributed by atoms with E-state index in [9.17, 15) is 14.4 Å². The summed E-state index contributed by atoms with van der Waals surface area (Å²) >= 11 is 0. The van der Waals surface area contributed by atoms with Crippen LogP contribution in [0.1, 0.15) is 58.1 Å². The highest BCUT2D eigenvalue weighted by molar-refractivity contribution is 5.90. The third-order valence-corrected chi connectivity index (χ3v) is 7.81. The van der Waals surface area contributed by atoms with Gasteiger partial charge in [-0.25, -0.2) is 0 Å². The van der Waals surface area contributed by atoms with Gasteiger partial charge in [0.05, 0.1) is 31.5 Å². The van der Waals surface area contributed by atoms with Gasteiger partial charge < -0.3 is 13.9 Å². The molecule has 0 bridgehead atoms. The highest BCUT2D eigenvalue weighted by Gasteiger charge is 2.66. The minimum atomic E-state index is -0.567. The predicted octanol–water partition coefficient (Wildman–Crippen LogP) is 3.70. The van der Waals surface area contributed by atoms with E-state index in [0.717, 1.165) is 5.56 Å². The van der Waals surface area contributed by atoms with Crippen LogP contribution in [-0.2, 0) is 23.9 Å². The van der Waals surface area contributed by atoms with E-state index in [0.29, 0.717) is 25.7 Å². The molecule has 3 aliphatic rings. The van der Waals surface area contributed by atoms with Crippen molar-refractivity contribution in [1.29, 1.82) is 0 Å². The molecule has 0 aromatic carbocycles. The molecule has 3 fully saturated rings. The first-order valence-corrected chi connectivity index (χ1v) is 10.1. The molecule has 1 saturated heterocycles. The van der Waals surface area contributed by atoms with Crippen LogP contribution in [0.3, 0.4) is 0 Å². The van der Waals surface area contributed by atoms with E-state index in [-0.39, 0.29) is 41.4 Å². The number of furan rings is 1. The molecule has 1 aromatic heterocycles. The van der Waals surface area contributed by atoms with E-state index < -0.39 is 16.9 Å². The molecule has 0 amide bonds. The maximum Gasteiger partial charge on any atom is 0.310 e. The molecule has 2 saturated carbocycles. The number of hydrogen-bond acceptors (Lipinski definition) is 6. The molecule has 3 unspecified atom stereocenters. The van der Waals surface area contributed by atoms with Gasteiger partial charge in [-0.2, -0.15) is 0 Å². The van der Waals surface area contributed by atoms with Gasteiger partial charge in [0.25, 0.3) is 0 Å². The molecule has 6 nitrogen and oxygen atoms in total. The molecular weight excluding hydrogens is 360 g/mol. The van der Waals surface area contributed by atoms with Crippen molar-refractivity contribution in [3.8, 4) is 0 Å². The van der Waals surface area contributed by atoms with E-state index in [1.54, 1.807) is 18.6 Å². The first kappa shape index (κ1) is 19.2. The molecule has 0 N–H and O–H groups in total. The number of hydrogen-bond donors (Lipinski definition) is 0. The Balaban J connectivity index is 1.79. The van der Waals surface area contributed by atoms with Gasteiger partial charge in [-0.3, -0.25) is 14.4 Å². The van der Waals surface area contributed by atoms with E-state index >= 15 is 0 Å². The Morgan fingerprint density at radius 2 is 2.00 bits per heavy atom. The SMILES string of the molecule is COC(=O)[C@@H]1CC(C)C(=O)C2[C@@]3(C)C[C@@H](c4ccoc4)OC(=O)C3CC[C@]21C. The highest BCUT2D eigenvalue weighted by atomic mass is 16.5. The Morgan fingerprint density at radius 3 is 2.64 bits per heavy atom. The molecule has 7 atom stereocenters. The summed E-state index contributed by atoms with van der Waals surface area (Å²) in [6.07, 6.45) is 5.04. The number of carbonyl (C=O) groups excluding carboxylic acids is 3. The van der Waals surface area contributed by atoms with E-state index in [2.05, 4.69) is 0 Å². The monoisotopic (exact) mass is 388 g/mol. The lowest BCUT2D eigenvalue weighted by Crippen LogP contribution is -2.63. The molecule has 6 heteroatoms. The summed E-state index contributed by atoms with van der Waals surface area (Å²) in [6, 6.07) is 1.80. The van der Waals surface area contributed by atoms with Crippen LogP contribution in [0.5, 0.6) is 0 Å². The summed E-state index contributed by atoms with van der Waals surface area (Å²) in [6.45, 7) is 5.97. The second-order valence-corrected chi connectivity index (χ2v) is 9.34. The number of rotatable bonds is 2. The summed E-state index contributed by atoms with van der Waals surface area (Å²) in [4.78, 5) is 39.0. The van der Waals surface area contributed by atoms with E-state index in [4.69, 9.17) is 13.9 Å². The number of ketones is 1. The summed E-state index contributed by atoms with van der Waals surface area (Å²) < 4.78 is 16.0. The number of methoxy groups -OCH3 is 1. The van der Waals surface area contributed by atoms with E-state index in [1.165, 1.54) is 7.11 Å². The van der Waals surface area contributed by atoms with Crippen LogP contribution < -0.4 is 0 Å². The number of ether oxygens (including phenoxy) is 2. The van der Waals surface area contributed by atoms with Crippen molar-refractivity contribution >= 4 is 17.7 Å². The average molecular weight is 388 g/mol. The molecule has 0 spiro atoms. The Hall–Kier alpha value is -2.11. The first-order chi connectivity index (χ1) is 13.2. The minimum absolute atomic E-state index is 0.162. The van der Waals surface area contributed by atoms with Crippen LogP contribution in [0, 0.1) is 34.5 Å². The number of esters is 2. The Morgan fingerprint density at radius 1 is 1.25 bits per heavy atom. The molecule has 0 radical (unpaired) electrons. The van der Waals surface area contributed by atoms with Gasteiger partial charge in [0, 0.05) is 17.4 Å². The van der Waals surface area contributed by atoms with Gasteiger partial charge in [-0.15, -0.1) is 0 Å². The number of carbonyl (C=O) groups is 3. The van der Waals surface area contributed by atoms with Gasteiger partial charge in [0.2, 0.25) is 0 Å². The van der Waals surface area contributed by atoms with Crippen molar-refractivity contribution in [1.82, 2.24) is 0 Å². The normalized spacial score (nSPS) is 42.9. The lowest BCUT2D eigenvalue weighted by molar-refractivity contribution is -0.204. The molecule has 4 rings (SSSR count). The molecule has 152 valence electrons. The number of cyclic esters (lactones) is 1. The zero-order valence-corrected chi connectivity index (χ0v) is 16.9. The van der Waals surface area contributed by atoms with Gasteiger partial charge in [-0.05, 0) is 42.6 Å². The molecule has 1 aliphatic heterocycles. The van der Waals surface area contributed by atoms with Crippen molar-refractivity contribution in [3.05, 3.63) is 24.2 Å². The topological polar surface area (TPSA) is 82.8 Å². The van der Waals surface area contributed by atoms with Crippen molar-refractivity contribution in [2.24, 2.45) is 34.5 Å². The summed E-state index contributed by atoms with van der Waals surface area (Å²) in [5, 5.41) is 0. The molecule has 1 aromatic rings. The van der Waals surface area contributed by atoms with Crippen LogP contribution >= 0.6 is 0 Å². The van der Waals surface area contributed by atoms with Gasteiger partial charge in [0.15, 0.2) is 0 Å². The quantitative estimate of drug-likeness (QED) is 0.719. The summed E-state index contributed by atoms with van der Waals surface area (Å²) in [7, 11) is 1.40. The van der Waals surface area contributed by atoms with Gasteiger partial charge in [-0.1, -0.05) is 20.8 Å². The Labute approximate surface area is 164 Å². The third kappa shape index (κ3) is 2.56. The van der Waals surface area contributed by atoms with Crippen LogP contribution in [-0.4, -0.2) is 24.8 Å². The van der Waals surface area contributed by atoms with Gasteiger partial charge in [0.1, 0.15) is 11.9 Å². The van der Waals surface area contributed by atoms with Crippen molar-refractivity contribution in [2.45, 2.75) is 52.6 Å². The fourth-order valence-corrected chi connectivity index (χ4v) is 6.40. The van der Waals surface area contributed by atoms with Crippen LogP contribution in [0.15, 0.2) is 23.0 Å². The molecule has 2 heterocycles. The fraction of sp³-hybridized carbons (Fsp3) is 0.682. The zero-order chi connectivity index (χ0) is 20.3. The smallest absolute Gasteiger partial charge is 0.310 e. The first-order valence-electron chi connectivity index (χ1n) is 10.1. The van der Waals surface area contributed by atoms with Crippen molar-refractivity contribution < 1.29 is 28.3 Å². The third-order valence-electron chi connectivity index (χ3n) is 7.81. The second kappa shape index (κ2) is 6.46. The summed E-state index contributed by atoms with van der Waals surface area (Å²) in [5.41, 5.74) is -0.274. The highest BCUT2D eigenvalue weighted by Crippen LogP contribution is 2.65. The largest absolute Gasteiger partial charge is 0.472 e. The van der Waals surface area contributed by atoms with Crippen molar-refractivity contribution in [2.75, 3.05) is 7.11 Å². The number of fused-ring (bicyclic) bond motifs is 3. The van der Waals surface area contributed by atoms with Crippen molar-refractivity contribution in [3.63, 3.8) is 0 Å². The standard InChI is InChI=1S/C22H28O6/c1-12-9-15(19(24)26-4)21(2)7-5-14-20(25)28-16(13-6-8-27-11-13)10-22(14,3)18(21)17(12)23/h6,8,11-12,14-16,18H,5,7,9-10H2,1-4H3/t12?,14?,15-,16-,18?,21-,22-/m0/s1. The predicted molar refractivity (Wildman–Crippen MR) is 98.9 cm³/mol. The average Bonchev–Trinajstić information content (AvgIpc) is 3.18. The zero-order valence-electron chi connectivity index (χ0n) is 16.9. The van der Waals surface area contributed by atoms with Gasteiger partial charge >= 0.3 is 11.9 Å². The van der Waals surface area contributed by atoms with E-state index in [1.807, 2.05) is 20.8 Å². The fourth-order valence-electron chi connectivity index (χ4n) is 6.40. The Kier molecular flexibility index (Phi) is 4.43. The maximum absolute atomic E-state index is 13.5. The van der Waals surface area contributed by atoms with Crippen LogP contribution in [0.2, 0.25) is 0 Å². The molecule has 2 aliphatic carbocycles. The Bertz CT molecular complexity index is 798. The lowest BCUT2D eigenvalue weighted by atomic mass is 9.42. The lowest BCUT2D eigenvalue weighted by Gasteiger charge is -2.61. The molecular formula is C22H28O6. The molecule has 28 heavy (non-hydrogen) atoms. The second-order valence-electron chi connectivity index (χ2n) is 9.34. The van der Waals surface area contributed by atoms with Crippen LogP contribution in [0.25, 0.3) is 0 Å². The maximum atomic E-state index is 13.5. The van der Waals surface area contributed by atoms with Crippen LogP contribution in [0.4, 0.5) is 0 Å². The number of Topliss-reactive ketones (excluding diaryl/α,β-unsaturated/α-hetero) is 1. The summed E-state index contributed by atoms with van der Waals surface area (Å²) in [5.74, 6) is -1.62.